The van der Waals surface area contributed by atoms with Crippen molar-refractivity contribution in [3.8, 4) is 11.5 Å². The van der Waals surface area contributed by atoms with E-state index in [0.717, 1.165) is 0 Å². The van der Waals surface area contributed by atoms with Crippen molar-refractivity contribution in [2.45, 2.75) is 0 Å². The number of hydrazone groups is 1. The van der Waals surface area contributed by atoms with E-state index in [1.807, 2.05) is 0 Å². The molecule has 3 aromatic rings. The first-order valence-corrected chi connectivity index (χ1v) is 9.22. The van der Waals surface area contributed by atoms with E-state index in [2.05, 4.69) is 15.8 Å². The third kappa shape index (κ3) is 5.15. The lowest BCUT2D eigenvalue weighted by molar-refractivity contribution is 0.0954. The molecular weight excluding hydrogens is 406 g/mol. The van der Waals surface area contributed by atoms with E-state index in [-0.39, 0.29) is 11.7 Å². The Kier molecular flexibility index (Phi) is 6.67. The van der Waals surface area contributed by atoms with Crippen LogP contribution in [0.3, 0.4) is 0 Å². The minimum Gasteiger partial charge on any atom is -0.507 e. The Balaban J connectivity index is 1.61. The van der Waals surface area contributed by atoms with E-state index >= 15 is 0 Å². The Morgan fingerprint density at radius 2 is 1.77 bits per heavy atom. The summed E-state index contributed by atoms with van der Waals surface area (Å²) in [6, 6.07) is 17.7. The molecule has 0 fully saturated rings. The first-order valence-electron chi connectivity index (χ1n) is 8.84. The second-order valence-corrected chi connectivity index (χ2v) is 6.54. The van der Waals surface area contributed by atoms with Crippen molar-refractivity contribution >= 4 is 35.3 Å². The predicted molar refractivity (Wildman–Crippen MR) is 116 cm³/mol. The molecule has 0 aromatic heterocycles. The summed E-state index contributed by atoms with van der Waals surface area (Å²) in [4.78, 5) is 24.5. The average molecular weight is 424 g/mol. The molecule has 8 heteroatoms. The lowest BCUT2D eigenvalue weighted by Gasteiger charge is -2.07. The van der Waals surface area contributed by atoms with Gasteiger partial charge in [-0.3, -0.25) is 9.59 Å². The number of anilines is 1. The number of phenols is 1. The van der Waals surface area contributed by atoms with Gasteiger partial charge < -0.3 is 15.2 Å². The van der Waals surface area contributed by atoms with Crippen molar-refractivity contribution in [2.75, 3.05) is 12.4 Å². The van der Waals surface area contributed by atoms with E-state index in [0.29, 0.717) is 33.1 Å². The number of carbonyl (C=O) groups excluding carboxylic acids is 2. The third-order valence-corrected chi connectivity index (χ3v) is 4.46. The first-order chi connectivity index (χ1) is 14.5. The van der Waals surface area contributed by atoms with Gasteiger partial charge in [-0.05, 0) is 54.6 Å². The second kappa shape index (κ2) is 9.58. The van der Waals surface area contributed by atoms with Crippen LogP contribution in [0, 0.1) is 0 Å². The highest BCUT2D eigenvalue weighted by Gasteiger charge is 2.10. The van der Waals surface area contributed by atoms with Gasteiger partial charge in [0.25, 0.3) is 11.8 Å². The number of methoxy groups -OCH3 is 1. The summed E-state index contributed by atoms with van der Waals surface area (Å²) in [6.07, 6.45) is 1.31. The monoisotopic (exact) mass is 423 g/mol. The summed E-state index contributed by atoms with van der Waals surface area (Å²) in [7, 11) is 1.51. The molecular formula is C22H18ClN3O4. The summed E-state index contributed by atoms with van der Waals surface area (Å²) >= 11 is 6.02. The molecule has 2 amide bonds. The Hall–Kier alpha value is -3.84. The maximum Gasteiger partial charge on any atom is 0.271 e. The zero-order valence-electron chi connectivity index (χ0n) is 15.9. The van der Waals surface area contributed by atoms with Gasteiger partial charge in [0, 0.05) is 16.8 Å². The molecule has 3 rings (SSSR count). The Bertz CT molecular complexity index is 1100. The van der Waals surface area contributed by atoms with Crippen LogP contribution in [0.2, 0.25) is 5.02 Å². The first kappa shape index (κ1) is 20.9. The largest absolute Gasteiger partial charge is 0.507 e. The molecule has 3 aromatic carbocycles. The normalized spacial score (nSPS) is 10.6. The second-order valence-electron chi connectivity index (χ2n) is 6.14. The standard InChI is InChI=1S/C22H18ClN3O4/c1-30-17-10-11-20(27)15(12-17)13-24-26-21(28)14-6-8-16(9-7-14)25-22(29)18-4-2-3-5-19(18)23/h2-13,27H,1H3,(H,25,29)(H,26,28)/b24-13-. The maximum absolute atomic E-state index is 12.3. The number of amides is 2. The number of phenolic OH excluding ortho intramolecular Hbond substituents is 1. The number of benzene rings is 3. The zero-order chi connectivity index (χ0) is 21.5. The number of hydrogen-bond donors (Lipinski definition) is 3. The summed E-state index contributed by atoms with van der Waals surface area (Å²) in [5.41, 5.74) is 3.99. The van der Waals surface area contributed by atoms with Gasteiger partial charge in [0.2, 0.25) is 0 Å². The van der Waals surface area contributed by atoms with E-state index < -0.39 is 5.91 Å². The van der Waals surface area contributed by atoms with Crippen LogP contribution in [0.1, 0.15) is 26.3 Å². The predicted octanol–water partition coefficient (Wildman–Crippen LogP) is 4.07. The molecule has 152 valence electrons. The minimum atomic E-state index is -0.447. The summed E-state index contributed by atoms with van der Waals surface area (Å²) in [5.74, 6) is -0.236. The van der Waals surface area contributed by atoms with Crippen LogP contribution in [-0.2, 0) is 0 Å². The molecule has 0 saturated carbocycles. The number of ether oxygens (including phenoxy) is 1. The quantitative estimate of drug-likeness (QED) is 0.411. The van der Waals surface area contributed by atoms with Gasteiger partial charge in [-0.25, -0.2) is 5.43 Å². The van der Waals surface area contributed by atoms with Gasteiger partial charge in [-0.2, -0.15) is 5.10 Å². The molecule has 0 aliphatic heterocycles. The van der Waals surface area contributed by atoms with Crippen LogP contribution in [0.4, 0.5) is 5.69 Å². The van der Waals surface area contributed by atoms with Crippen LogP contribution in [-0.4, -0.2) is 30.2 Å². The topological polar surface area (TPSA) is 100 Å². The number of nitrogens with zero attached hydrogens (tertiary/aromatic N) is 1. The molecule has 3 N–H and O–H groups in total. The lowest BCUT2D eigenvalue weighted by atomic mass is 10.1. The van der Waals surface area contributed by atoms with Crippen LogP contribution in [0.5, 0.6) is 11.5 Å². The summed E-state index contributed by atoms with van der Waals surface area (Å²) < 4.78 is 5.08. The highest BCUT2D eigenvalue weighted by Crippen LogP contribution is 2.21. The fourth-order valence-electron chi connectivity index (χ4n) is 2.54. The van der Waals surface area contributed by atoms with Crippen molar-refractivity contribution in [1.82, 2.24) is 5.43 Å². The maximum atomic E-state index is 12.3. The van der Waals surface area contributed by atoms with Crippen LogP contribution in [0.15, 0.2) is 71.8 Å². The molecule has 0 bridgehead atoms. The van der Waals surface area contributed by atoms with Gasteiger partial charge in [0.15, 0.2) is 0 Å². The van der Waals surface area contributed by atoms with Gasteiger partial charge >= 0.3 is 0 Å². The van der Waals surface area contributed by atoms with E-state index in [4.69, 9.17) is 16.3 Å². The van der Waals surface area contributed by atoms with Crippen LogP contribution in [0.25, 0.3) is 0 Å². The lowest BCUT2D eigenvalue weighted by Crippen LogP contribution is -2.18. The Morgan fingerprint density at radius 1 is 1.03 bits per heavy atom. The van der Waals surface area contributed by atoms with Crippen molar-refractivity contribution < 1.29 is 19.4 Å². The molecule has 0 aliphatic rings. The van der Waals surface area contributed by atoms with E-state index in [1.54, 1.807) is 60.7 Å². The van der Waals surface area contributed by atoms with Gasteiger partial charge in [0.05, 0.1) is 23.9 Å². The average Bonchev–Trinajstić information content (AvgIpc) is 2.75. The fraction of sp³-hybridized carbons (Fsp3) is 0.0455. The van der Waals surface area contributed by atoms with Crippen LogP contribution < -0.4 is 15.5 Å². The van der Waals surface area contributed by atoms with Crippen LogP contribution >= 0.6 is 11.6 Å². The number of rotatable bonds is 6. The SMILES string of the molecule is COc1ccc(O)c(/C=N\NC(=O)c2ccc(NC(=O)c3ccccc3Cl)cc2)c1. The highest BCUT2D eigenvalue weighted by molar-refractivity contribution is 6.34. The molecule has 0 spiro atoms. The number of hydrogen-bond acceptors (Lipinski definition) is 5. The van der Waals surface area contributed by atoms with Gasteiger partial charge in [-0.15, -0.1) is 0 Å². The molecule has 0 heterocycles. The summed E-state index contributed by atoms with van der Waals surface area (Å²) in [6.45, 7) is 0. The van der Waals surface area contributed by atoms with Crippen molar-refractivity contribution in [3.05, 3.63) is 88.4 Å². The Morgan fingerprint density at radius 3 is 2.47 bits per heavy atom. The molecule has 0 aliphatic carbocycles. The van der Waals surface area contributed by atoms with E-state index in [1.165, 1.54) is 19.4 Å². The van der Waals surface area contributed by atoms with Crippen molar-refractivity contribution in [1.29, 1.82) is 0 Å². The fourth-order valence-corrected chi connectivity index (χ4v) is 2.76. The van der Waals surface area contributed by atoms with E-state index in [9.17, 15) is 14.7 Å². The number of halogens is 1. The third-order valence-electron chi connectivity index (χ3n) is 4.13. The van der Waals surface area contributed by atoms with Gasteiger partial charge in [-0.1, -0.05) is 23.7 Å². The molecule has 0 radical (unpaired) electrons. The molecule has 0 atom stereocenters. The Labute approximate surface area is 178 Å². The minimum absolute atomic E-state index is 0.00686. The molecule has 30 heavy (non-hydrogen) atoms. The summed E-state index contributed by atoms with van der Waals surface area (Å²) in [5, 5.41) is 16.7. The zero-order valence-corrected chi connectivity index (χ0v) is 16.7. The smallest absolute Gasteiger partial charge is 0.271 e. The highest BCUT2D eigenvalue weighted by atomic mass is 35.5. The van der Waals surface area contributed by atoms with Gasteiger partial charge in [0.1, 0.15) is 11.5 Å². The number of nitrogens with one attached hydrogen (secondary N) is 2. The van der Waals surface area contributed by atoms with Crippen molar-refractivity contribution in [3.63, 3.8) is 0 Å². The number of carbonyl (C=O) groups is 2. The molecule has 7 nitrogen and oxygen atoms in total. The van der Waals surface area contributed by atoms with Crippen molar-refractivity contribution in [2.24, 2.45) is 5.10 Å². The molecule has 0 saturated heterocycles. The molecule has 0 unspecified atom stereocenters. The number of aromatic hydroxyl groups is 1.